The molecule has 0 amide bonds. The summed E-state index contributed by atoms with van der Waals surface area (Å²) in [6.07, 6.45) is 0. The van der Waals surface area contributed by atoms with Gasteiger partial charge in [0.1, 0.15) is 11.2 Å². The van der Waals surface area contributed by atoms with Crippen molar-refractivity contribution in [2.24, 2.45) is 0 Å². The summed E-state index contributed by atoms with van der Waals surface area (Å²) in [5.41, 5.74) is 12.0. The maximum atomic E-state index is 6.46. The largest absolute Gasteiger partial charge is 0.456 e. The lowest BCUT2D eigenvalue weighted by Gasteiger charge is -2.29. The zero-order valence-corrected chi connectivity index (χ0v) is 28.4. The number of rotatable bonds is 6. The Morgan fingerprint density at radius 1 is 0.327 bits per heavy atom. The number of para-hydroxylation sites is 1. The number of hydrogen-bond acceptors (Lipinski definition) is 2. The minimum atomic E-state index is 0.864. The van der Waals surface area contributed by atoms with Crippen molar-refractivity contribution < 1.29 is 4.42 Å². The molecule has 10 aromatic rings. The zero-order chi connectivity index (χ0) is 34.4. The molecular weight excluding hydrogens is 631 g/mol. The van der Waals surface area contributed by atoms with E-state index in [1.807, 2.05) is 6.07 Å². The quantitative estimate of drug-likeness (QED) is 0.176. The summed E-state index contributed by atoms with van der Waals surface area (Å²) in [6.45, 7) is 0. The van der Waals surface area contributed by atoms with Gasteiger partial charge in [0, 0.05) is 16.6 Å². The first kappa shape index (κ1) is 30.0. The lowest BCUT2D eigenvalue weighted by molar-refractivity contribution is 0.669. The molecule has 2 heteroatoms. The van der Waals surface area contributed by atoms with Crippen molar-refractivity contribution >= 4 is 60.5 Å². The summed E-state index contributed by atoms with van der Waals surface area (Å²) in [4.78, 5) is 2.42. The maximum absolute atomic E-state index is 6.46. The third-order valence-electron chi connectivity index (χ3n) is 10.3. The van der Waals surface area contributed by atoms with Crippen molar-refractivity contribution in [1.82, 2.24) is 0 Å². The third kappa shape index (κ3) is 5.12. The van der Waals surface area contributed by atoms with Gasteiger partial charge in [-0.25, -0.2) is 0 Å². The number of benzene rings is 9. The Morgan fingerprint density at radius 3 is 1.85 bits per heavy atom. The van der Waals surface area contributed by atoms with Crippen LogP contribution in [0.5, 0.6) is 0 Å². The monoisotopic (exact) mass is 663 g/mol. The molecule has 1 heterocycles. The fraction of sp³-hybridized carbons (Fsp3) is 0. The van der Waals surface area contributed by atoms with Crippen LogP contribution in [0.25, 0.3) is 76.9 Å². The first-order valence-electron chi connectivity index (χ1n) is 17.8. The van der Waals surface area contributed by atoms with Crippen LogP contribution in [0.2, 0.25) is 0 Å². The highest BCUT2D eigenvalue weighted by Crippen LogP contribution is 2.47. The Balaban J connectivity index is 1.23. The van der Waals surface area contributed by atoms with E-state index in [-0.39, 0.29) is 0 Å². The first-order valence-corrected chi connectivity index (χ1v) is 17.8. The van der Waals surface area contributed by atoms with E-state index in [9.17, 15) is 0 Å². The summed E-state index contributed by atoms with van der Waals surface area (Å²) in [5.74, 6) is 0. The smallest absolute Gasteiger partial charge is 0.137 e. The van der Waals surface area contributed by atoms with E-state index < -0.39 is 0 Å². The van der Waals surface area contributed by atoms with Crippen molar-refractivity contribution in [3.05, 3.63) is 200 Å². The highest BCUT2D eigenvalue weighted by molar-refractivity contribution is 6.14. The zero-order valence-electron chi connectivity index (χ0n) is 28.4. The van der Waals surface area contributed by atoms with Gasteiger partial charge >= 0.3 is 0 Å². The number of hydrogen-bond donors (Lipinski definition) is 0. The molecule has 0 aliphatic carbocycles. The van der Waals surface area contributed by atoms with Crippen molar-refractivity contribution in [3.63, 3.8) is 0 Å². The molecular formula is C50H33NO. The maximum Gasteiger partial charge on any atom is 0.137 e. The number of furan rings is 1. The second kappa shape index (κ2) is 12.5. The van der Waals surface area contributed by atoms with Crippen LogP contribution in [0.15, 0.2) is 205 Å². The lowest BCUT2D eigenvalue weighted by atomic mass is 9.93. The van der Waals surface area contributed by atoms with E-state index in [1.165, 1.54) is 38.2 Å². The molecule has 0 spiro atoms. The molecule has 0 saturated carbocycles. The molecule has 0 aliphatic rings. The van der Waals surface area contributed by atoms with Gasteiger partial charge in [-0.1, -0.05) is 158 Å². The normalized spacial score (nSPS) is 11.5. The molecule has 0 unspecified atom stereocenters. The van der Waals surface area contributed by atoms with Crippen LogP contribution in [0, 0.1) is 0 Å². The molecule has 52 heavy (non-hydrogen) atoms. The van der Waals surface area contributed by atoms with Gasteiger partial charge < -0.3 is 9.32 Å². The molecule has 2 nitrogen and oxygen atoms in total. The Kier molecular flexibility index (Phi) is 7.18. The minimum absolute atomic E-state index is 0.864. The molecule has 244 valence electrons. The molecule has 1 aromatic heterocycles. The van der Waals surface area contributed by atoms with Crippen molar-refractivity contribution in [2.75, 3.05) is 4.90 Å². The number of nitrogens with zero attached hydrogens (tertiary/aromatic N) is 1. The topological polar surface area (TPSA) is 16.4 Å². The highest BCUT2D eigenvalue weighted by Gasteiger charge is 2.23. The van der Waals surface area contributed by atoms with Crippen LogP contribution >= 0.6 is 0 Å². The molecule has 0 fully saturated rings. The Labute approximate surface area is 302 Å². The van der Waals surface area contributed by atoms with Gasteiger partial charge in [-0.3, -0.25) is 0 Å². The average Bonchev–Trinajstić information content (AvgIpc) is 3.61. The second-order valence-corrected chi connectivity index (χ2v) is 13.3. The van der Waals surface area contributed by atoms with Crippen molar-refractivity contribution in [2.45, 2.75) is 0 Å². The average molecular weight is 664 g/mol. The molecule has 9 aromatic carbocycles. The summed E-state index contributed by atoms with van der Waals surface area (Å²) >= 11 is 0. The van der Waals surface area contributed by atoms with Gasteiger partial charge in [-0.15, -0.1) is 0 Å². The van der Waals surface area contributed by atoms with Gasteiger partial charge in [0.25, 0.3) is 0 Å². The number of fused-ring (bicyclic) bond motifs is 5. The molecule has 0 saturated heterocycles. The van der Waals surface area contributed by atoms with E-state index in [1.54, 1.807) is 0 Å². The van der Waals surface area contributed by atoms with E-state index in [0.717, 1.165) is 55.7 Å². The van der Waals surface area contributed by atoms with Crippen LogP contribution in [0.1, 0.15) is 0 Å². The highest BCUT2D eigenvalue weighted by atomic mass is 16.3. The molecule has 10 rings (SSSR count). The summed E-state index contributed by atoms with van der Waals surface area (Å²) in [6, 6.07) is 71.8. The number of anilines is 3. The molecule has 0 radical (unpaired) electrons. The predicted octanol–water partition coefficient (Wildman–Crippen LogP) is 14.4. The van der Waals surface area contributed by atoms with Crippen molar-refractivity contribution in [1.29, 1.82) is 0 Å². The fourth-order valence-corrected chi connectivity index (χ4v) is 7.75. The summed E-state index contributed by atoms with van der Waals surface area (Å²) in [7, 11) is 0. The van der Waals surface area contributed by atoms with E-state index in [4.69, 9.17) is 4.42 Å². The SMILES string of the molecule is c1ccc(-c2ccc(-c3cccc4ccccc34)cc2N(c2ccc(-c3ccc4ccccc4c3)cc2)c2cccc3oc4ccccc4c23)cc1. The fourth-order valence-electron chi connectivity index (χ4n) is 7.75. The van der Waals surface area contributed by atoms with E-state index in [0.29, 0.717) is 0 Å². The first-order chi connectivity index (χ1) is 25.8. The predicted molar refractivity (Wildman–Crippen MR) is 220 cm³/mol. The van der Waals surface area contributed by atoms with Crippen LogP contribution in [-0.2, 0) is 0 Å². The minimum Gasteiger partial charge on any atom is -0.456 e. The van der Waals surface area contributed by atoms with Gasteiger partial charge in [0.15, 0.2) is 0 Å². The standard InChI is InChI=1S/C50H33NO/c1-2-13-37(14-3-1)44-31-28-40(43-20-10-17-36-15-6-7-18-42(36)43)33-47(44)51(46-21-11-23-49-50(46)45-19-8-9-22-48(45)52-49)41-29-26-35(27-30-41)39-25-24-34-12-4-5-16-38(34)32-39/h1-33H. The Bertz CT molecular complexity index is 2900. The van der Waals surface area contributed by atoms with Gasteiger partial charge in [-0.05, 0) is 91.8 Å². The Morgan fingerprint density at radius 2 is 0.981 bits per heavy atom. The van der Waals surface area contributed by atoms with Crippen LogP contribution < -0.4 is 4.90 Å². The molecule has 0 aliphatic heterocycles. The van der Waals surface area contributed by atoms with Gasteiger partial charge in [0.2, 0.25) is 0 Å². The summed E-state index contributed by atoms with van der Waals surface area (Å²) < 4.78 is 6.46. The van der Waals surface area contributed by atoms with Crippen LogP contribution in [0.4, 0.5) is 17.1 Å². The van der Waals surface area contributed by atoms with Crippen LogP contribution in [-0.4, -0.2) is 0 Å². The molecule has 0 bridgehead atoms. The van der Waals surface area contributed by atoms with Crippen molar-refractivity contribution in [3.8, 4) is 33.4 Å². The van der Waals surface area contributed by atoms with Crippen LogP contribution in [0.3, 0.4) is 0 Å². The lowest BCUT2D eigenvalue weighted by Crippen LogP contribution is -2.12. The Hall–Kier alpha value is -6.90. The molecule has 0 N–H and O–H groups in total. The molecule has 0 atom stereocenters. The van der Waals surface area contributed by atoms with E-state index >= 15 is 0 Å². The van der Waals surface area contributed by atoms with Gasteiger partial charge in [-0.2, -0.15) is 0 Å². The van der Waals surface area contributed by atoms with E-state index in [2.05, 4.69) is 199 Å². The third-order valence-corrected chi connectivity index (χ3v) is 10.3. The van der Waals surface area contributed by atoms with Gasteiger partial charge in [0.05, 0.1) is 16.8 Å². The second-order valence-electron chi connectivity index (χ2n) is 13.3. The summed E-state index contributed by atoms with van der Waals surface area (Å²) in [5, 5.41) is 7.13.